The summed E-state index contributed by atoms with van der Waals surface area (Å²) in [6.45, 7) is 6.35. The molecule has 1 amide bonds. The fourth-order valence-electron chi connectivity index (χ4n) is 2.75. The summed E-state index contributed by atoms with van der Waals surface area (Å²) in [4.78, 5) is 25.4. The van der Waals surface area contributed by atoms with Crippen molar-refractivity contribution in [3.8, 4) is 0 Å². The zero-order valence-corrected chi connectivity index (χ0v) is 14.3. The predicted octanol–water partition coefficient (Wildman–Crippen LogP) is 3.14. The minimum atomic E-state index is -0.846. The summed E-state index contributed by atoms with van der Waals surface area (Å²) in [7, 11) is 0. The number of nitrogens with zero attached hydrogens (tertiary/aromatic N) is 1. The van der Waals surface area contributed by atoms with Gasteiger partial charge in [-0.1, -0.05) is 45.0 Å². The molecule has 1 fully saturated rings. The first-order chi connectivity index (χ1) is 10.9. The Hall–Kier alpha value is -1.84. The van der Waals surface area contributed by atoms with Crippen molar-refractivity contribution in [2.75, 3.05) is 6.54 Å². The SMILES string of the molecule is CC(C)Cc1ccc(CC(=O)N(CC(C)C(=O)O)C2CC2)cc1. The van der Waals surface area contributed by atoms with Gasteiger partial charge in [-0.15, -0.1) is 0 Å². The summed E-state index contributed by atoms with van der Waals surface area (Å²) in [5.41, 5.74) is 2.28. The van der Waals surface area contributed by atoms with E-state index in [0.717, 1.165) is 24.8 Å². The van der Waals surface area contributed by atoms with Gasteiger partial charge in [-0.2, -0.15) is 0 Å². The molecule has 1 aliphatic carbocycles. The number of hydrogen-bond donors (Lipinski definition) is 1. The van der Waals surface area contributed by atoms with Gasteiger partial charge in [0.1, 0.15) is 0 Å². The Morgan fingerprint density at radius 3 is 2.17 bits per heavy atom. The van der Waals surface area contributed by atoms with Crippen molar-refractivity contribution < 1.29 is 14.7 Å². The molecule has 0 bridgehead atoms. The fraction of sp³-hybridized carbons (Fsp3) is 0.579. The molecule has 0 aliphatic heterocycles. The highest BCUT2D eigenvalue weighted by Crippen LogP contribution is 2.28. The molecule has 1 aromatic carbocycles. The van der Waals surface area contributed by atoms with E-state index in [2.05, 4.69) is 26.0 Å². The lowest BCUT2D eigenvalue weighted by molar-refractivity contribution is -0.143. The number of benzene rings is 1. The first-order valence-electron chi connectivity index (χ1n) is 8.47. The molecule has 1 atom stereocenters. The Morgan fingerprint density at radius 1 is 1.13 bits per heavy atom. The normalized spacial score (nSPS) is 15.5. The lowest BCUT2D eigenvalue weighted by Crippen LogP contribution is -2.39. The van der Waals surface area contributed by atoms with Crippen molar-refractivity contribution in [3.05, 3.63) is 35.4 Å². The molecule has 0 spiro atoms. The van der Waals surface area contributed by atoms with Crippen LogP contribution < -0.4 is 0 Å². The molecule has 0 aromatic heterocycles. The van der Waals surface area contributed by atoms with Crippen molar-refractivity contribution in [2.45, 2.75) is 52.5 Å². The number of carbonyl (C=O) groups excluding carboxylic acids is 1. The average molecular weight is 317 g/mol. The second kappa shape index (κ2) is 7.62. The van der Waals surface area contributed by atoms with Crippen molar-refractivity contribution in [1.29, 1.82) is 0 Å². The second-order valence-corrected chi connectivity index (χ2v) is 7.11. The highest BCUT2D eigenvalue weighted by Gasteiger charge is 2.34. The monoisotopic (exact) mass is 317 g/mol. The van der Waals surface area contributed by atoms with E-state index in [0.29, 0.717) is 18.9 Å². The summed E-state index contributed by atoms with van der Waals surface area (Å²) >= 11 is 0. The summed E-state index contributed by atoms with van der Waals surface area (Å²) in [6.07, 6.45) is 3.38. The van der Waals surface area contributed by atoms with E-state index in [1.807, 2.05) is 12.1 Å². The minimum absolute atomic E-state index is 0.0391. The van der Waals surface area contributed by atoms with E-state index in [9.17, 15) is 9.59 Å². The Kier molecular flexibility index (Phi) is 5.80. The van der Waals surface area contributed by atoms with Crippen LogP contribution in [-0.4, -0.2) is 34.5 Å². The molecular weight excluding hydrogens is 290 g/mol. The second-order valence-electron chi connectivity index (χ2n) is 7.11. The molecule has 0 heterocycles. The van der Waals surface area contributed by atoms with Crippen LogP contribution in [-0.2, 0) is 22.4 Å². The molecule has 1 saturated carbocycles. The standard InChI is InChI=1S/C19H27NO3/c1-13(2)10-15-4-6-16(7-5-15)11-18(21)20(17-8-9-17)12-14(3)19(22)23/h4-7,13-14,17H,8-12H2,1-3H3,(H,22,23). The zero-order valence-electron chi connectivity index (χ0n) is 14.3. The number of carbonyl (C=O) groups is 2. The Labute approximate surface area is 138 Å². The third-order valence-electron chi connectivity index (χ3n) is 4.22. The number of aliphatic carboxylic acids is 1. The van der Waals surface area contributed by atoms with Gasteiger partial charge in [0.15, 0.2) is 0 Å². The molecule has 0 radical (unpaired) electrons. The Balaban J connectivity index is 1.96. The molecule has 126 valence electrons. The lowest BCUT2D eigenvalue weighted by Gasteiger charge is -2.24. The third kappa shape index (κ3) is 5.38. The summed E-state index contributed by atoms with van der Waals surface area (Å²) in [5.74, 6) is -0.711. The number of hydrogen-bond acceptors (Lipinski definition) is 2. The van der Waals surface area contributed by atoms with Gasteiger partial charge in [0.2, 0.25) is 5.91 Å². The van der Waals surface area contributed by atoms with E-state index in [1.165, 1.54) is 5.56 Å². The molecule has 2 rings (SSSR count). The smallest absolute Gasteiger partial charge is 0.308 e. The van der Waals surface area contributed by atoms with Crippen LogP contribution in [0.1, 0.15) is 44.7 Å². The van der Waals surface area contributed by atoms with Crippen molar-refractivity contribution >= 4 is 11.9 Å². The van der Waals surface area contributed by atoms with E-state index < -0.39 is 11.9 Å². The van der Waals surface area contributed by atoms with Crippen molar-refractivity contribution in [1.82, 2.24) is 4.90 Å². The van der Waals surface area contributed by atoms with Gasteiger partial charge >= 0.3 is 5.97 Å². The summed E-state index contributed by atoms with van der Waals surface area (Å²) < 4.78 is 0. The van der Waals surface area contributed by atoms with Crippen molar-refractivity contribution in [3.63, 3.8) is 0 Å². The average Bonchev–Trinajstić information content (AvgIpc) is 3.30. The van der Waals surface area contributed by atoms with Crippen LogP contribution in [0.25, 0.3) is 0 Å². The van der Waals surface area contributed by atoms with E-state index in [1.54, 1.807) is 11.8 Å². The lowest BCUT2D eigenvalue weighted by atomic mass is 10.0. The maximum Gasteiger partial charge on any atom is 0.308 e. The third-order valence-corrected chi connectivity index (χ3v) is 4.22. The number of rotatable bonds is 8. The molecule has 4 nitrogen and oxygen atoms in total. The summed E-state index contributed by atoms with van der Waals surface area (Å²) in [5, 5.41) is 9.07. The van der Waals surface area contributed by atoms with Gasteiger partial charge in [-0.05, 0) is 36.3 Å². The minimum Gasteiger partial charge on any atom is -0.481 e. The van der Waals surface area contributed by atoms with Crippen LogP contribution >= 0.6 is 0 Å². The van der Waals surface area contributed by atoms with Gasteiger partial charge in [-0.25, -0.2) is 0 Å². The van der Waals surface area contributed by atoms with Gasteiger partial charge in [0, 0.05) is 12.6 Å². The van der Waals surface area contributed by atoms with Gasteiger partial charge in [0.25, 0.3) is 0 Å². The maximum atomic E-state index is 12.5. The zero-order chi connectivity index (χ0) is 17.0. The molecule has 0 saturated heterocycles. The van der Waals surface area contributed by atoms with Gasteiger partial charge < -0.3 is 10.0 Å². The highest BCUT2D eigenvalue weighted by atomic mass is 16.4. The largest absolute Gasteiger partial charge is 0.481 e. The molecule has 1 aliphatic rings. The Morgan fingerprint density at radius 2 is 1.70 bits per heavy atom. The van der Waals surface area contributed by atoms with Crippen LogP contribution in [0.4, 0.5) is 0 Å². The number of carboxylic acid groups (broad SMARTS) is 1. The molecule has 1 aromatic rings. The first kappa shape index (κ1) is 17.5. The van der Waals surface area contributed by atoms with Crippen LogP contribution in [0.3, 0.4) is 0 Å². The number of amides is 1. The first-order valence-corrected chi connectivity index (χ1v) is 8.47. The van der Waals surface area contributed by atoms with Crippen LogP contribution in [0.15, 0.2) is 24.3 Å². The van der Waals surface area contributed by atoms with E-state index in [4.69, 9.17) is 5.11 Å². The molecule has 1 N–H and O–H groups in total. The Bertz CT molecular complexity index is 546. The maximum absolute atomic E-state index is 12.5. The fourth-order valence-corrected chi connectivity index (χ4v) is 2.75. The van der Waals surface area contributed by atoms with E-state index >= 15 is 0 Å². The quantitative estimate of drug-likeness (QED) is 0.801. The predicted molar refractivity (Wildman–Crippen MR) is 90.2 cm³/mol. The number of carboxylic acids is 1. The molecule has 23 heavy (non-hydrogen) atoms. The van der Waals surface area contributed by atoms with Gasteiger partial charge in [-0.3, -0.25) is 9.59 Å². The molecule has 4 heteroatoms. The van der Waals surface area contributed by atoms with Crippen LogP contribution in [0, 0.1) is 11.8 Å². The summed E-state index contributed by atoms with van der Waals surface area (Å²) in [6, 6.07) is 8.45. The van der Waals surface area contributed by atoms with Crippen LogP contribution in [0.2, 0.25) is 0 Å². The van der Waals surface area contributed by atoms with Crippen molar-refractivity contribution in [2.24, 2.45) is 11.8 Å². The van der Waals surface area contributed by atoms with E-state index in [-0.39, 0.29) is 11.9 Å². The molecule has 1 unspecified atom stereocenters. The highest BCUT2D eigenvalue weighted by molar-refractivity contribution is 5.80. The molecular formula is C19H27NO3. The van der Waals surface area contributed by atoms with Crippen LogP contribution in [0.5, 0.6) is 0 Å². The topological polar surface area (TPSA) is 57.6 Å². The van der Waals surface area contributed by atoms with Gasteiger partial charge in [0.05, 0.1) is 12.3 Å².